The highest BCUT2D eigenvalue weighted by molar-refractivity contribution is 5.69. The van der Waals surface area contributed by atoms with E-state index in [1.807, 2.05) is 20.8 Å². The zero-order valence-corrected chi connectivity index (χ0v) is 20.6. The second-order valence-corrected chi connectivity index (χ2v) is 11.3. The first-order chi connectivity index (χ1) is 16.2. The molecule has 0 N–H and O–H groups in total. The first-order valence-corrected chi connectivity index (χ1v) is 12.6. The minimum absolute atomic E-state index is 0.0545. The number of amides is 1. The Balaban J connectivity index is 1.14. The molecule has 0 unspecified atom stereocenters. The maximum atomic E-state index is 14.1. The third-order valence-corrected chi connectivity index (χ3v) is 7.44. The van der Waals surface area contributed by atoms with E-state index in [9.17, 15) is 9.18 Å². The number of nitrogens with zero attached hydrogens (tertiary/aromatic N) is 2. The molecule has 0 aromatic heterocycles. The molecule has 4 aliphatic heterocycles. The third kappa shape index (κ3) is 5.19. The van der Waals surface area contributed by atoms with E-state index in [1.54, 1.807) is 17.0 Å². The molecule has 0 aliphatic carbocycles. The predicted molar refractivity (Wildman–Crippen MR) is 125 cm³/mol. The second-order valence-electron chi connectivity index (χ2n) is 11.3. The van der Waals surface area contributed by atoms with Crippen molar-refractivity contribution in [3.8, 4) is 5.75 Å². The fourth-order valence-electron chi connectivity index (χ4n) is 5.69. The van der Waals surface area contributed by atoms with Crippen molar-refractivity contribution in [2.24, 2.45) is 0 Å². The number of likely N-dealkylation sites (tertiary alicyclic amines) is 2. The SMILES string of the molecule is CC(C)(C)OC(=O)N1CC2(C[C@H](N3CCC(c4cc(F)ccc4O[C@H]4CCOC4)CC3)CO2)C1. The van der Waals surface area contributed by atoms with Crippen molar-refractivity contribution in [1.29, 1.82) is 0 Å². The van der Waals surface area contributed by atoms with E-state index >= 15 is 0 Å². The van der Waals surface area contributed by atoms with Crippen LogP contribution >= 0.6 is 0 Å². The van der Waals surface area contributed by atoms with Crippen LogP contribution in [0.3, 0.4) is 0 Å². The van der Waals surface area contributed by atoms with Crippen molar-refractivity contribution in [2.45, 2.75) is 75.7 Å². The van der Waals surface area contributed by atoms with Crippen LogP contribution in [0.2, 0.25) is 0 Å². The fourth-order valence-corrected chi connectivity index (χ4v) is 5.69. The molecular weight excluding hydrogens is 439 g/mol. The van der Waals surface area contributed by atoms with Crippen LogP contribution in [-0.4, -0.2) is 85.2 Å². The van der Waals surface area contributed by atoms with Crippen molar-refractivity contribution >= 4 is 6.09 Å². The van der Waals surface area contributed by atoms with Crippen LogP contribution < -0.4 is 4.74 Å². The van der Waals surface area contributed by atoms with Crippen LogP contribution in [0.4, 0.5) is 9.18 Å². The minimum Gasteiger partial charge on any atom is -0.488 e. The van der Waals surface area contributed by atoms with E-state index in [4.69, 9.17) is 18.9 Å². The summed E-state index contributed by atoms with van der Waals surface area (Å²) < 4.78 is 37.4. The number of hydrogen-bond donors (Lipinski definition) is 0. The Morgan fingerprint density at radius 3 is 2.59 bits per heavy atom. The summed E-state index contributed by atoms with van der Waals surface area (Å²) in [6.45, 7) is 10.8. The maximum absolute atomic E-state index is 14.1. The highest BCUT2D eigenvalue weighted by atomic mass is 19.1. The van der Waals surface area contributed by atoms with Gasteiger partial charge in [0.15, 0.2) is 0 Å². The van der Waals surface area contributed by atoms with E-state index in [0.29, 0.717) is 32.3 Å². The van der Waals surface area contributed by atoms with Crippen molar-refractivity contribution < 1.29 is 28.1 Å². The number of carbonyl (C=O) groups excluding carboxylic acids is 1. The Hall–Kier alpha value is -1.90. The van der Waals surface area contributed by atoms with Crippen LogP contribution in [0.1, 0.15) is 57.9 Å². The minimum atomic E-state index is -0.485. The molecule has 4 aliphatic rings. The number of benzene rings is 1. The van der Waals surface area contributed by atoms with Crippen LogP contribution in [0.25, 0.3) is 0 Å². The lowest BCUT2D eigenvalue weighted by Crippen LogP contribution is -2.64. The number of carbonyl (C=O) groups is 1. The average molecular weight is 477 g/mol. The number of piperidine rings is 1. The lowest BCUT2D eigenvalue weighted by Gasteiger charge is -2.47. The Kier molecular flexibility index (Phi) is 6.50. The molecular formula is C26H37FN2O5. The largest absolute Gasteiger partial charge is 0.488 e. The molecule has 5 rings (SSSR count). The predicted octanol–water partition coefficient (Wildman–Crippen LogP) is 3.95. The van der Waals surface area contributed by atoms with Gasteiger partial charge in [-0.3, -0.25) is 4.90 Å². The van der Waals surface area contributed by atoms with Gasteiger partial charge in [-0.15, -0.1) is 0 Å². The molecule has 8 heteroatoms. The van der Waals surface area contributed by atoms with E-state index in [1.165, 1.54) is 6.07 Å². The van der Waals surface area contributed by atoms with Gasteiger partial charge in [0, 0.05) is 18.0 Å². The summed E-state index contributed by atoms with van der Waals surface area (Å²) in [5.41, 5.74) is 0.268. The van der Waals surface area contributed by atoms with Gasteiger partial charge in [-0.2, -0.15) is 0 Å². The zero-order chi connectivity index (χ0) is 23.9. The molecule has 1 aromatic rings. The normalized spacial score (nSPS) is 27.7. The summed E-state index contributed by atoms with van der Waals surface area (Å²) in [5.74, 6) is 0.875. The molecule has 7 nitrogen and oxygen atoms in total. The Bertz CT molecular complexity index is 884. The van der Waals surface area contributed by atoms with Crippen molar-refractivity contribution in [3.05, 3.63) is 29.6 Å². The molecule has 1 aromatic carbocycles. The highest BCUT2D eigenvalue weighted by Crippen LogP contribution is 2.41. The van der Waals surface area contributed by atoms with Crippen molar-refractivity contribution in [2.75, 3.05) is 46.0 Å². The van der Waals surface area contributed by atoms with Gasteiger partial charge in [-0.1, -0.05) is 0 Å². The van der Waals surface area contributed by atoms with Crippen molar-refractivity contribution in [1.82, 2.24) is 9.80 Å². The topological polar surface area (TPSA) is 60.5 Å². The molecule has 2 atom stereocenters. The monoisotopic (exact) mass is 476 g/mol. The first kappa shape index (κ1) is 23.8. The molecule has 1 amide bonds. The van der Waals surface area contributed by atoms with Gasteiger partial charge in [0.2, 0.25) is 0 Å². The summed E-state index contributed by atoms with van der Waals surface area (Å²) in [5, 5.41) is 0. The number of hydrogen-bond acceptors (Lipinski definition) is 6. The number of rotatable bonds is 4. The van der Waals surface area contributed by atoms with E-state index in [0.717, 1.165) is 56.7 Å². The third-order valence-electron chi connectivity index (χ3n) is 7.44. The van der Waals surface area contributed by atoms with Crippen LogP contribution in [0.5, 0.6) is 5.75 Å². The summed E-state index contributed by atoms with van der Waals surface area (Å²) >= 11 is 0. The van der Waals surface area contributed by atoms with Gasteiger partial charge in [0.05, 0.1) is 32.9 Å². The van der Waals surface area contributed by atoms with Gasteiger partial charge < -0.3 is 23.8 Å². The summed E-state index contributed by atoms with van der Waals surface area (Å²) in [6, 6.07) is 5.27. The van der Waals surface area contributed by atoms with Crippen LogP contribution in [0, 0.1) is 5.82 Å². The summed E-state index contributed by atoms with van der Waals surface area (Å²) in [7, 11) is 0. The summed E-state index contributed by atoms with van der Waals surface area (Å²) in [6.07, 6.45) is 3.54. The van der Waals surface area contributed by atoms with E-state index < -0.39 is 5.60 Å². The Morgan fingerprint density at radius 1 is 1.15 bits per heavy atom. The quantitative estimate of drug-likeness (QED) is 0.656. The average Bonchev–Trinajstić information content (AvgIpc) is 3.43. The Morgan fingerprint density at radius 2 is 1.91 bits per heavy atom. The lowest BCUT2D eigenvalue weighted by atomic mass is 9.86. The maximum Gasteiger partial charge on any atom is 0.410 e. The second kappa shape index (κ2) is 9.28. The van der Waals surface area contributed by atoms with Gasteiger partial charge >= 0.3 is 6.09 Å². The van der Waals surface area contributed by atoms with Gasteiger partial charge in [0.1, 0.15) is 28.9 Å². The van der Waals surface area contributed by atoms with Gasteiger partial charge in [-0.05, 0) is 77.2 Å². The molecule has 4 heterocycles. The zero-order valence-electron chi connectivity index (χ0n) is 20.6. The fraction of sp³-hybridized carbons (Fsp3) is 0.731. The highest BCUT2D eigenvalue weighted by Gasteiger charge is 2.53. The molecule has 0 saturated carbocycles. The van der Waals surface area contributed by atoms with Gasteiger partial charge in [0.25, 0.3) is 0 Å². The van der Waals surface area contributed by atoms with Crippen molar-refractivity contribution in [3.63, 3.8) is 0 Å². The summed E-state index contributed by atoms with van der Waals surface area (Å²) in [4.78, 5) is 16.5. The van der Waals surface area contributed by atoms with E-state index in [2.05, 4.69) is 4.90 Å². The smallest absolute Gasteiger partial charge is 0.410 e. The Labute approximate surface area is 201 Å². The molecule has 188 valence electrons. The molecule has 1 spiro atoms. The molecule has 4 saturated heterocycles. The van der Waals surface area contributed by atoms with Crippen LogP contribution in [-0.2, 0) is 14.2 Å². The number of halogens is 1. The van der Waals surface area contributed by atoms with E-state index in [-0.39, 0.29) is 29.5 Å². The number of ether oxygens (including phenoxy) is 4. The van der Waals surface area contributed by atoms with Gasteiger partial charge in [-0.25, -0.2) is 9.18 Å². The molecule has 0 bridgehead atoms. The first-order valence-electron chi connectivity index (χ1n) is 12.6. The van der Waals surface area contributed by atoms with Crippen LogP contribution in [0.15, 0.2) is 18.2 Å². The standard InChI is InChI=1S/C26H37FN2O5/c1-25(2,3)34-24(30)29-16-26(17-29)13-20(14-32-26)28-9-6-18(7-10-28)22-12-19(27)4-5-23(22)33-21-8-11-31-15-21/h4-5,12,18,20-21H,6-11,13-17H2,1-3H3/t20-,21-/m0/s1. The molecule has 4 fully saturated rings. The molecule has 34 heavy (non-hydrogen) atoms. The molecule has 0 radical (unpaired) electrons. The lowest BCUT2D eigenvalue weighted by molar-refractivity contribution is -0.109.